The van der Waals surface area contributed by atoms with E-state index in [1.807, 2.05) is 24.3 Å². The van der Waals surface area contributed by atoms with E-state index >= 15 is 0 Å². The van der Waals surface area contributed by atoms with Crippen molar-refractivity contribution in [2.45, 2.75) is 18.9 Å². The molecule has 0 aliphatic heterocycles. The van der Waals surface area contributed by atoms with Gasteiger partial charge in [0, 0.05) is 5.56 Å². The van der Waals surface area contributed by atoms with Crippen LogP contribution in [0.15, 0.2) is 24.3 Å². The van der Waals surface area contributed by atoms with E-state index < -0.39 is 0 Å². The van der Waals surface area contributed by atoms with Gasteiger partial charge in [-0.1, -0.05) is 11.8 Å². The van der Waals surface area contributed by atoms with E-state index in [1.165, 1.54) is 12.8 Å². The zero-order chi connectivity index (χ0) is 9.80. The normalized spacial score (nSPS) is 14.4. The maximum absolute atomic E-state index is 8.51. The first-order valence-corrected chi connectivity index (χ1v) is 4.75. The van der Waals surface area contributed by atoms with Gasteiger partial charge in [0.2, 0.25) is 0 Å². The lowest BCUT2D eigenvalue weighted by molar-refractivity contribution is 0.303. The Morgan fingerprint density at radius 2 is 2.00 bits per heavy atom. The fourth-order valence-corrected chi connectivity index (χ4v) is 1.14. The summed E-state index contributed by atoms with van der Waals surface area (Å²) >= 11 is 0. The number of rotatable bonds is 2. The first kappa shape index (κ1) is 9.11. The molecule has 0 heterocycles. The highest BCUT2D eigenvalue weighted by Gasteiger charge is 2.23. The van der Waals surface area contributed by atoms with Gasteiger partial charge in [0.1, 0.15) is 12.4 Å². The van der Waals surface area contributed by atoms with Gasteiger partial charge in [0.25, 0.3) is 0 Å². The van der Waals surface area contributed by atoms with Crippen LogP contribution in [0, 0.1) is 11.8 Å². The van der Waals surface area contributed by atoms with Crippen molar-refractivity contribution in [2.75, 3.05) is 6.61 Å². The summed E-state index contributed by atoms with van der Waals surface area (Å²) in [6, 6.07) is 7.64. The van der Waals surface area contributed by atoms with Crippen LogP contribution in [0.2, 0.25) is 0 Å². The van der Waals surface area contributed by atoms with Crippen molar-refractivity contribution in [3.8, 4) is 17.6 Å². The van der Waals surface area contributed by atoms with Crippen molar-refractivity contribution >= 4 is 0 Å². The SMILES string of the molecule is OCC#Cc1ccc(OC2CC2)cc1. The zero-order valence-electron chi connectivity index (χ0n) is 7.86. The largest absolute Gasteiger partial charge is 0.490 e. The van der Waals surface area contributed by atoms with Crippen molar-refractivity contribution in [2.24, 2.45) is 0 Å². The highest BCUT2D eigenvalue weighted by atomic mass is 16.5. The van der Waals surface area contributed by atoms with Crippen LogP contribution in [-0.4, -0.2) is 17.8 Å². The van der Waals surface area contributed by atoms with E-state index in [0.29, 0.717) is 6.10 Å². The Morgan fingerprint density at radius 1 is 1.29 bits per heavy atom. The van der Waals surface area contributed by atoms with Crippen molar-refractivity contribution in [3.63, 3.8) is 0 Å². The molecule has 1 N–H and O–H groups in total. The fraction of sp³-hybridized carbons (Fsp3) is 0.333. The fourth-order valence-electron chi connectivity index (χ4n) is 1.14. The number of ether oxygens (including phenoxy) is 1. The molecule has 2 heteroatoms. The summed E-state index contributed by atoms with van der Waals surface area (Å²) in [6.45, 7) is -0.0969. The molecule has 1 aliphatic carbocycles. The molecule has 1 fully saturated rings. The number of aliphatic hydroxyl groups excluding tert-OH is 1. The number of hydrogen-bond acceptors (Lipinski definition) is 2. The Balaban J connectivity index is 2.01. The van der Waals surface area contributed by atoms with Crippen LogP contribution < -0.4 is 4.74 Å². The van der Waals surface area contributed by atoms with Crippen LogP contribution in [0.25, 0.3) is 0 Å². The molecule has 2 nitrogen and oxygen atoms in total. The molecule has 0 spiro atoms. The molecule has 0 saturated heterocycles. The third kappa shape index (κ3) is 2.51. The Kier molecular flexibility index (Phi) is 2.71. The Bertz CT molecular complexity index is 352. The number of benzene rings is 1. The Labute approximate surface area is 83.5 Å². The number of hydrogen-bond donors (Lipinski definition) is 1. The summed E-state index contributed by atoms with van der Waals surface area (Å²) in [5, 5.41) is 8.51. The summed E-state index contributed by atoms with van der Waals surface area (Å²) in [7, 11) is 0. The molecule has 14 heavy (non-hydrogen) atoms. The second kappa shape index (κ2) is 4.17. The van der Waals surface area contributed by atoms with Crippen molar-refractivity contribution < 1.29 is 9.84 Å². The van der Waals surface area contributed by atoms with Gasteiger partial charge in [-0.05, 0) is 37.1 Å². The van der Waals surface area contributed by atoms with Gasteiger partial charge in [0.05, 0.1) is 6.10 Å². The van der Waals surface area contributed by atoms with Crippen LogP contribution in [0.3, 0.4) is 0 Å². The van der Waals surface area contributed by atoms with Crippen molar-refractivity contribution in [1.29, 1.82) is 0 Å². The molecule has 72 valence electrons. The van der Waals surface area contributed by atoms with E-state index in [9.17, 15) is 0 Å². The maximum atomic E-state index is 8.51. The predicted molar refractivity (Wildman–Crippen MR) is 54.1 cm³/mol. The summed E-state index contributed by atoms with van der Waals surface area (Å²) in [5.74, 6) is 6.34. The first-order chi connectivity index (χ1) is 6.88. The molecular formula is C12H12O2. The molecule has 0 radical (unpaired) electrons. The van der Waals surface area contributed by atoms with Gasteiger partial charge in [-0.2, -0.15) is 0 Å². The van der Waals surface area contributed by atoms with Gasteiger partial charge in [-0.3, -0.25) is 0 Å². The lowest BCUT2D eigenvalue weighted by Gasteiger charge is -2.02. The van der Waals surface area contributed by atoms with Crippen molar-refractivity contribution in [3.05, 3.63) is 29.8 Å². The van der Waals surface area contributed by atoms with Crippen LogP contribution >= 0.6 is 0 Å². The Morgan fingerprint density at radius 3 is 2.57 bits per heavy atom. The van der Waals surface area contributed by atoms with Gasteiger partial charge in [-0.25, -0.2) is 0 Å². The summed E-state index contributed by atoms with van der Waals surface area (Å²) in [5.41, 5.74) is 0.905. The third-order valence-corrected chi connectivity index (χ3v) is 1.99. The molecule has 0 atom stereocenters. The highest BCUT2D eigenvalue weighted by Crippen LogP contribution is 2.26. The monoisotopic (exact) mass is 188 g/mol. The minimum atomic E-state index is -0.0969. The van der Waals surface area contributed by atoms with Crippen molar-refractivity contribution in [1.82, 2.24) is 0 Å². The molecule has 1 aliphatic rings. The molecule has 0 amide bonds. The van der Waals surface area contributed by atoms with Crippen LogP contribution in [0.4, 0.5) is 0 Å². The second-order valence-electron chi connectivity index (χ2n) is 3.30. The third-order valence-electron chi connectivity index (χ3n) is 1.99. The molecule has 0 aromatic heterocycles. The molecule has 1 aromatic rings. The number of aliphatic hydroxyl groups is 1. The summed E-state index contributed by atoms with van der Waals surface area (Å²) < 4.78 is 5.59. The molecule has 0 bridgehead atoms. The van der Waals surface area contributed by atoms with E-state index in [2.05, 4.69) is 11.8 Å². The zero-order valence-corrected chi connectivity index (χ0v) is 7.86. The van der Waals surface area contributed by atoms with Gasteiger partial charge in [0.15, 0.2) is 0 Å². The molecule has 0 unspecified atom stereocenters. The minimum Gasteiger partial charge on any atom is -0.490 e. The summed E-state index contributed by atoms with van der Waals surface area (Å²) in [4.78, 5) is 0. The average molecular weight is 188 g/mol. The van der Waals surface area contributed by atoms with E-state index in [1.54, 1.807) is 0 Å². The molecular weight excluding hydrogens is 176 g/mol. The second-order valence-corrected chi connectivity index (χ2v) is 3.30. The lowest BCUT2D eigenvalue weighted by atomic mass is 10.2. The van der Waals surface area contributed by atoms with E-state index in [4.69, 9.17) is 9.84 Å². The van der Waals surface area contributed by atoms with E-state index in [0.717, 1.165) is 11.3 Å². The predicted octanol–water partition coefficient (Wildman–Crippen LogP) is 1.57. The average Bonchev–Trinajstić information content (AvgIpc) is 3.01. The van der Waals surface area contributed by atoms with E-state index in [-0.39, 0.29) is 6.61 Å². The van der Waals surface area contributed by atoms with Gasteiger partial charge in [-0.15, -0.1) is 0 Å². The van der Waals surface area contributed by atoms with Crippen LogP contribution in [0.5, 0.6) is 5.75 Å². The lowest BCUT2D eigenvalue weighted by Crippen LogP contribution is -1.95. The molecule has 2 rings (SSSR count). The first-order valence-electron chi connectivity index (χ1n) is 4.75. The molecule has 1 aromatic carbocycles. The van der Waals surface area contributed by atoms with Crippen LogP contribution in [-0.2, 0) is 0 Å². The van der Waals surface area contributed by atoms with Crippen LogP contribution in [0.1, 0.15) is 18.4 Å². The Hall–Kier alpha value is -1.46. The minimum absolute atomic E-state index is 0.0969. The van der Waals surface area contributed by atoms with Gasteiger partial charge >= 0.3 is 0 Å². The maximum Gasteiger partial charge on any atom is 0.119 e. The smallest absolute Gasteiger partial charge is 0.119 e. The summed E-state index contributed by atoms with van der Waals surface area (Å²) in [6.07, 6.45) is 2.78. The quantitative estimate of drug-likeness (QED) is 0.714. The standard InChI is InChI=1S/C12H12O2/c13-9-1-2-10-3-5-11(6-4-10)14-12-7-8-12/h3-6,12-13H,7-9H2. The molecule has 1 saturated carbocycles. The van der Waals surface area contributed by atoms with Gasteiger partial charge < -0.3 is 9.84 Å². The topological polar surface area (TPSA) is 29.5 Å². The highest BCUT2D eigenvalue weighted by molar-refractivity contribution is 5.38.